The van der Waals surface area contributed by atoms with Crippen LogP contribution in [0, 0.1) is 5.82 Å². The molecule has 1 heterocycles. The van der Waals surface area contributed by atoms with E-state index in [0.717, 1.165) is 31.6 Å². The zero-order valence-electron chi connectivity index (χ0n) is 15.8. The number of piperazine rings is 1. The molecule has 27 heavy (non-hydrogen) atoms. The van der Waals surface area contributed by atoms with E-state index in [-0.39, 0.29) is 23.8 Å². The van der Waals surface area contributed by atoms with Gasteiger partial charge in [0.05, 0.1) is 0 Å². The predicted octanol–water partition coefficient (Wildman–Crippen LogP) is 2.50. The lowest BCUT2D eigenvalue weighted by atomic mass is 9.96. The van der Waals surface area contributed by atoms with E-state index in [1.54, 1.807) is 12.1 Å². The summed E-state index contributed by atoms with van der Waals surface area (Å²) in [5.41, 5.74) is 0.976. The van der Waals surface area contributed by atoms with Crippen LogP contribution < -0.4 is 15.5 Å². The lowest BCUT2D eigenvalue weighted by Crippen LogP contribution is -2.49. The van der Waals surface area contributed by atoms with Crippen molar-refractivity contribution in [3.63, 3.8) is 0 Å². The summed E-state index contributed by atoms with van der Waals surface area (Å²) in [5.74, 6) is -0.181. The number of anilines is 1. The van der Waals surface area contributed by atoms with Gasteiger partial charge in [-0.25, -0.2) is 9.18 Å². The fourth-order valence-electron chi connectivity index (χ4n) is 3.79. The maximum Gasteiger partial charge on any atom is 0.315 e. The molecule has 0 aromatic heterocycles. The highest BCUT2D eigenvalue weighted by molar-refractivity contribution is 5.78. The van der Waals surface area contributed by atoms with Crippen LogP contribution in [0.25, 0.3) is 0 Å². The number of carbonyl (C=O) groups excluding carboxylic acids is 2. The second kappa shape index (κ2) is 9.58. The van der Waals surface area contributed by atoms with E-state index in [4.69, 9.17) is 0 Å². The number of amides is 3. The Bertz CT molecular complexity index is 623. The van der Waals surface area contributed by atoms with Crippen molar-refractivity contribution in [2.24, 2.45) is 0 Å². The summed E-state index contributed by atoms with van der Waals surface area (Å²) < 4.78 is 13.0. The number of rotatable bonds is 5. The van der Waals surface area contributed by atoms with Gasteiger partial charge in [-0.1, -0.05) is 19.3 Å². The van der Waals surface area contributed by atoms with E-state index >= 15 is 0 Å². The molecule has 1 saturated heterocycles. The second-order valence-corrected chi connectivity index (χ2v) is 7.33. The highest BCUT2D eigenvalue weighted by Crippen LogP contribution is 2.18. The molecule has 1 aliphatic heterocycles. The van der Waals surface area contributed by atoms with Crippen molar-refractivity contribution in [2.75, 3.05) is 37.6 Å². The Morgan fingerprint density at radius 3 is 2.33 bits per heavy atom. The van der Waals surface area contributed by atoms with E-state index in [1.165, 1.54) is 31.4 Å². The van der Waals surface area contributed by atoms with Gasteiger partial charge in [0, 0.05) is 50.9 Å². The fraction of sp³-hybridized carbons (Fsp3) is 0.600. The minimum Gasteiger partial charge on any atom is -0.368 e. The van der Waals surface area contributed by atoms with Crippen molar-refractivity contribution < 1.29 is 14.0 Å². The molecule has 6 nitrogen and oxygen atoms in total. The van der Waals surface area contributed by atoms with Gasteiger partial charge >= 0.3 is 6.03 Å². The summed E-state index contributed by atoms with van der Waals surface area (Å²) in [6.45, 7) is 3.10. The first kappa shape index (κ1) is 19.5. The first-order chi connectivity index (χ1) is 13.1. The van der Waals surface area contributed by atoms with Crippen molar-refractivity contribution in [3.05, 3.63) is 30.1 Å². The summed E-state index contributed by atoms with van der Waals surface area (Å²) in [4.78, 5) is 28.2. The highest BCUT2D eigenvalue weighted by atomic mass is 19.1. The SMILES string of the molecule is O=C(NCCC(=O)N1CCN(c2ccc(F)cc2)CC1)NC1CCCCC1. The molecule has 0 unspecified atom stereocenters. The van der Waals surface area contributed by atoms with Crippen LogP contribution in [0.15, 0.2) is 24.3 Å². The molecule has 1 saturated carbocycles. The zero-order valence-corrected chi connectivity index (χ0v) is 15.8. The van der Waals surface area contributed by atoms with Crippen LogP contribution in [0.4, 0.5) is 14.9 Å². The molecule has 7 heteroatoms. The minimum absolute atomic E-state index is 0.0618. The maximum absolute atomic E-state index is 13.0. The summed E-state index contributed by atoms with van der Waals surface area (Å²) >= 11 is 0. The van der Waals surface area contributed by atoms with Crippen LogP contribution in [-0.2, 0) is 4.79 Å². The molecule has 3 rings (SSSR count). The summed E-state index contributed by atoms with van der Waals surface area (Å²) in [6.07, 6.45) is 6.01. The molecular formula is C20H29FN4O2. The first-order valence-corrected chi connectivity index (χ1v) is 9.94. The van der Waals surface area contributed by atoms with Gasteiger partial charge in [0.15, 0.2) is 0 Å². The quantitative estimate of drug-likeness (QED) is 0.830. The summed E-state index contributed by atoms with van der Waals surface area (Å²) in [6, 6.07) is 6.54. The number of nitrogens with zero attached hydrogens (tertiary/aromatic N) is 2. The van der Waals surface area contributed by atoms with Gasteiger partial charge in [0.2, 0.25) is 5.91 Å². The molecule has 2 fully saturated rings. The van der Waals surface area contributed by atoms with Crippen LogP contribution in [0.1, 0.15) is 38.5 Å². The fourth-order valence-corrected chi connectivity index (χ4v) is 3.79. The molecule has 0 spiro atoms. The van der Waals surface area contributed by atoms with Gasteiger partial charge < -0.3 is 20.4 Å². The van der Waals surface area contributed by atoms with Gasteiger partial charge in [0.1, 0.15) is 5.82 Å². The standard InChI is InChI=1S/C20H29FN4O2/c21-16-6-8-18(9-7-16)24-12-14-25(15-13-24)19(26)10-11-22-20(27)23-17-4-2-1-3-5-17/h6-9,17H,1-5,10-15H2,(H2,22,23,27). The molecule has 2 aliphatic rings. The molecule has 1 aromatic carbocycles. The number of hydrogen-bond acceptors (Lipinski definition) is 3. The Kier molecular flexibility index (Phi) is 6.90. The lowest BCUT2D eigenvalue weighted by Gasteiger charge is -2.36. The second-order valence-electron chi connectivity index (χ2n) is 7.33. The molecule has 0 radical (unpaired) electrons. The van der Waals surface area contributed by atoms with Crippen molar-refractivity contribution in [1.29, 1.82) is 0 Å². The van der Waals surface area contributed by atoms with Crippen LogP contribution in [-0.4, -0.2) is 55.6 Å². The van der Waals surface area contributed by atoms with Crippen molar-refractivity contribution in [2.45, 2.75) is 44.6 Å². The summed E-state index contributed by atoms with van der Waals surface area (Å²) in [5, 5.41) is 5.79. The Hall–Kier alpha value is -2.31. The van der Waals surface area contributed by atoms with Gasteiger partial charge in [-0.3, -0.25) is 4.79 Å². The molecule has 2 N–H and O–H groups in total. The van der Waals surface area contributed by atoms with Crippen LogP contribution in [0.3, 0.4) is 0 Å². The summed E-state index contributed by atoms with van der Waals surface area (Å²) in [7, 11) is 0. The van der Waals surface area contributed by atoms with Crippen LogP contribution >= 0.6 is 0 Å². The highest BCUT2D eigenvalue weighted by Gasteiger charge is 2.21. The van der Waals surface area contributed by atoms with Crippen LogP contribution in [0.5, 0.6) is 0 Å². The third-order valence-corrected chi connectivity index (χ3v) is 5.39. The largest absolute Gasteiger partial charge is 0.368 e. The molecule has 3 amide bonds. The molecule has 0 bridgehead atoms. The lowest BCUT2D eigenvalue weighted by molar-refractivity contribution is -0.131. The van der Waals surface area contributed by atoms with E-state index in [9.17, 15) is 14.0 Å². The number of halogens is 1. The third-order valence-electron chi connectivity index (χ3n) is 5.39. The average molecular weight is 376 g/mol. The van der Waals surface area contributed by atoms with E-state index < -0.39 is 0 Å². The van der Waals surface area contributed by atoms with Gasteiger partial charge in [-0.15, -0.1) is 0 Å². The van der Waals surface area contributed by atoms with E-state index in [1.807, 2.05) is 4.90 Å². The van der Waals surface area contributed by atoms with Crippen molar-refractivity contribution >= 4 is 17.6 Å². The number of hydrogen-bond donors (Lipinski definition) is 2. The van der Waals surface area contributed by atoms with Crippen molar-refractivity contribution in [1.82, 2.24) is 15.5 Å². The van der Waals surface area contributed by atoms with E-state index in [2.05, 4.69) is 15.5 Å². The topological polar surface area (TPSA) is 64.7 Å². The van der Waals surface area contributed by atoms with Gasteiger partial charge in [0.25, 0.3) is 0 Å². The molecule has 0 atom stereocenters. The number of benzene rings is 1. The number of carbonyl (C=O) groups is 2. The monoisotopic (exact) mass is 376 g/mol. The predicted molar refractivity (Wildman–Crippen MR) is 103 cm³/mol. The Labute approximate surface area is 160 Å². The first-order valence-electron chi connectivity index (χ1n) is 9.94. The maximum atomic E-state index is 13.0. The molecule has 1 aromatic rings. The Balaban J connectivity index is 1.33. The number of urea groups is 1. The van der Waals surface area contributed by atoms with Gasteiger partial charge in [-0.05, 0) is 37.1 Å². The Morgan fingerprint density at radius 2 is 1.67 bits per heavy atom. The Morgan fingerprint density at radius 1 is 1.00 bits per heavy atom. The minimum atomic E-state index is -0.243. The number of nitrogens with one attached hydrogen (secondary N) is 2. The molecular weight excluding hydrogens is 347 g/mol. The van der Waals surface area contributed by atoms with Crippen LogP contribution in [0.2, 0.25) is 0 Å². The zero-order chi connectivity index (χ0) is 19.1. The average Bonchev–Trinajstić information content (AvgIpc) is 2.69. The van der Waals surface area contributed by atoms with Crippen molar-refractivity contribution in [3.8, 4) is 0 Å². The van der Waals surface area contributed by atoms with E-state index in [0.29, 0.717) is 26.1 Å². The normalized spacial score (nSPS) is 18.3. The molecule has 1 aliphatic carbocycles. The smallest absolute Gasteiger partial charge is 0.315 e. The molecule has 148 valence electrons. The third kappa shape index (κ3) is 5.84. The van der Waals surface area contributed by atoms with Gasteiger partial charge in [-0.2, -0.15) is 0 Å².